The zero-order chi connectivity index (χ0) is 21.2. The number of likely N-dealkylation sites (tertiary alicyclic amines) is 3. The van der Waals surface area contributed by atoms with Gasteiger partial charge in [-0.1, -0.05) is 12.1 Å². The highest BCUT2D eigenvalue weighted by molar-refractivity contribution is 5.87. The van der Waals surface area contributed by atoms with Crippen LogP contribution in [-0.2, 0) is 9.59 Å². The van der Waals surface area contributed by atoms with Gasteiger partial charge in [0.1, 0.15) is 11.9 Å². The molecule has 7 nitrogen and oxygen atoms in total. The highest BCUT2D eigenvalue weighted by Gasteiger charge is 2.56. The first-order valence-corrected chi connectivity index (χ1v) is 10.7. The number of nitrogens with zero attached hydrogens (tertiary/aromatic N) is 4. The van der Waals surface area contributed by atoms with E-state index >= 15 is 0 Å². The van der Waals surface area contributed by atoms with Crippen LogP contribution in [-0.4, -0.2) is 69.8 Å². The average Bonchev–Trinajstić information content (AvgIpc) is 3.06. The second-order valence-corrected chi connectivity index (χ2v) is 9.13. The highest BCUT2D eigenvalue weighted by atomic mass is 19.1. The lowest BCUT2D eigenvalue weighted by molar-refractivity contribution is -0.141. The predicted molar refractivity (Wildman–Crippen MR) is 106 cm³/mol. The molecule has 158 valence electrons. The molecule has 2 amide bonds. The topological polar surface area (TPSA) is 93.7 Å². The van der Waals surface area contributed by atoms with Crippen LogP contribution in [0.4, 0.5) is 4.39 Å². The summed E-state index contributed by atoms with van der Waals surface area (Å²) in [6.45, 7) is 2.90. The first kappa shape index (κ1) is 19.5. The van der Waals surface area contributed by atoms with Crippen molar-refractivity contribution in [1.29, 1.82) is 5.26 Å². The summed E-state index contributed by atoms with van der Waals surface area (Å²) in [5.41, 5.74) is 7.03. The van der Waals surface area contributed by atoms with Crippen molar-refractivity contribution in [3.05, 3.63) is 35.6 Å². The monoisotopic (exact) mass is 411 g/mol. The number of carbonyl (C=O) groups is 2. The molecule has 1 aliphatic carbocycles. The summed E-state index contributed by atoms with van der Waals surface area (Å²) < 4.78 is 13.6. The van der Waals surface area contributed by atoms with E-state index in [2.05, 4.69) is 6.07 Å². The number of hydrogen-bond donors (Lipinski definition) is 1. The fourth-order valence-corrected chi connectivity index (χ4v) is 5.74. The fourth-order valence-electron chi connectivity index (χ4n) is 5.74. The first-order valence-electron chi connectivity index (χ1n) is 10.7. The Morgan fingerprint density at radius 3 is 2.87 bits per heavy atom. The number of hydrogen-bond acceptors (Lipinski definition) is 5. The van der Waals surface area contributed by atoms with Crippen molar-refractivity contribution in [2.24, 2.45) is 11.7 Å². The van der Waals surface area contributed by atoms with Gasteiger partial charge in [0.2, 0.25) is 11.8 Å². The maximum atomic E-state index is 13.6. The Balaban J connectivity index is 1.24. The van der Waals surface area contributed by atoms with Gasteiger partial charge in [-0.15, -0.1) is 0 Å². The van der Waals surface area contributed by atoms with Crippen LogP contribution in [0.2, 0.25) is 0 Å². The maximum Gasteiger partial charge on any atom is 0.242 e. The molecule has 8 heteroatoms. The summed E-state index contributed by atoms with van der Waals surface area (Å²) in [5.74, 6) is -0.0152. The van der Waals surface area contributed by atoms with Gasteiger partial charge in [-0.05, 0) is 49.8 Å². The van der Waals surface area contributed by atoms with Gasteiger partial charge in [0.05, 0.1) is 24.2 Å². The minimum absolute atomic E-state index is 0.0148. The molecular weight excluding hydrogens is 385 g/mol. The van der Waals surface area contributed by atoms with Crippen molar-refractivity contribution < 1.29 is 14.0 Å². The number of carbonyl (C=O) groups excluding carboxylic acids is 2. The van der Waals surface area contributed by atoms with Crippen LogP contribution in [0.3, 0.4) is 0 Å². The molecule has 3 saturated heterocycles. The third-order valence-corrected chi connectivity index (χ3v) is 7.32. The molecule has 7 atom stereocenters. The largest absolute Gasteiger partial charge is 0.330 e. The lowest BCUT2D eigenvalue weighted by atomic mass is 10.1. The number of fused-ring (bicyclic) bond motifs is 3. The number of piperazine rings is 1. The number of amides is 2. The number of rotatable bonds is 5. The van der Waals surface area contributed by atoms with Crippen molar-refractivity contribution in [2.45, 2.75) is 62.4 Å². The molecule has 3 aliphatic heterocycles. The summed E-state index contributed by atoms with van der Waals surface area (Å²) in [6, 6.07) is 7.22. The molecule has 1 aromatic rings. The summed E-state index contributed by atoms with van der Waals surface area (Å²) in [6.07, 6.45) is 2.42. The molecule has 1 aromatic carbocycles. The van der Waals surface area contributed by atoms with Crippen LogP contribution in [0.15, 0.2) is 24.3 Å². The second-order valence-electron chi connectivity index (χ2n) is 9.13. The molecule has 4 fully saturated rings. The Kier molecular flexibility index (Phi) is 4.56. The summed E-state index contributed by atoms with van der Waals surface area (Å²) in [7, 11) is 0. The van der Waals surface area contributed by atoms with Crippen molar-refractivity contribution in [1.82, 2.24) is 14.7 Å². The van der Waals surface area contributed by atoms with Crippen LogP contribution in [0.5, 0.6) is 0 Å². The minimum Gasteiger partial charge on any atom is -0.330 e. The molecule has 3 heterocycles. The molecular formula is C22H26FN5O2. The lowest BCUT2D eigenvalue weighted by Gasteiger charge is -2.38. The van der Waals surface area contributed by atoms with Gasteiger partial charge in [0.15, 0.2) is 0 Å². The van der Waals surface area contributed by atoms with Crippen molar-refractivity contribution >= 4 is 11.8 Å². The van der Waals surface area contributed by atoms with Crippen LogP contribution in [0.1, 0.15) is 37.8 Å². The van der Waals surface area contributed by atoms with Gasteiger partial charge in [0, 0.05) is 25.2 Å². The zero-order valence-corrected chi connectivity index (χ0v) is 16.9. The smallest absolute Gasteiger partial charge is 0.242 e. The van der Waals surface area contributed by atoms with Crippen molar-refractivity contribution in [3.63, 3.8) is 0 Å². The van der Waals surface area contributed by atoms with E-state index in [0.29, 0.717) is 25.4 Å². The Bertz CT molecular complexity index is 932. The molecule has 5 rings (SSSR count). The minimum atomic E-state index is -0.735. The molecule has 0 unspecified atom stereocenters. The van der Waals surface area contributed by atoms with Gasteiger partial charge in [0.25, 0.3) is 0 Å². The maximum absolute atomic E-state index is 13.6. The van der Waals surface area contributed by atoms with Gasteiger partial charge in [-0.25, -0.2) is 4.39 Å². The Morgan fingerprint density at radius 1 is 1.37 bits per heavy atom. The first-order chi connectivity index (χ1) is 14.4. The van der Waals surface area contributed by atoms with E-state index in [1.807, 2.05) is 22.8 Å². The number of benzene rings is 1. The zero-order valence-electron chi connectivity index (χ0n) is 16.9. The fraction of sp³-hybridized carbons (Fsp3) is 0.591. The molecule has 0 aromatic heterocycles. The van der Waals surface area contributed by atoms with E-state index in [1.54, 1.807) is 11.0 Å². The number of halogens is 1. The third-order valence-electron chi connectivity index (χ3n) is 7.32. The van der Waals surface area contributed by atoms with E-state index in [9.17, 15) is 19.2 Å². The summed E-state index contributed by atoms with van der Waals surface area (Å²) in [5, 5.41) is 9.33. The number of nitrogens with two attached hydrogens (primary N) is 1. The predicted octanol–water partition coefficient (Wildman–Crippen LogP) is 1.01. The van der Waals surface area contributed by atoms with Gasteiger partial charge >= 0.3 is 0 Å². The third kappa shape index (κ3) is 2.99. The number of piperidine rings is 1. The standard InChI is InChI=1S/C22H26FN5O2/c1-12(13-3-2-4-15(23)5-13)27-17-8-20(22(27)30)26(10-17)11-18(25)21(29)28-16(9-24)6-14-7-19(14)28/h2-5,12,14,16-20H,6-8,10-11,25H2,1H3/t12-,14-,16+,17+,18+,19+,20-/m1/s1. The van der Waals surface area contributed by atoms with Gasteiger partial charge in [-0.3, -0.25) is 14.5 Å². The summed E-state index contributed by atoms with van der Waals surface area (Å²) >= 11 is 0. The normalized spacial score (nSPS) is 34.1. The van der Waals surface area contributed by atoms with Crippen LogP contribution < -0.4 is 5.73 Å². The Labute approximate surface area is 175 Å². The Hall–Kier alpha value is -2.50. The van der Waals surface area contributed by atoms with Crippen LogP contribution in [0, 0.1) is 23.1 Å². The van der Waals surface area contributed by atoms with Crippen molar-refractivity contribution in [2.75, 3.05) is 13.1 Å². The SMILES string of the molecule is C[C@H](c1cccc(F)c1)N1C(=O)[C@H]2C[C@H]1CN2C[C@H](N)C(=O)N1[C@H](C#N)C[C@@H]2C[C@@H]21. The van der Waals surface area contributed by atoms with Crippen molar-refractivity contribution in [3.8, 4) is 6.07 Å². The quantitative estimate of drug-likeness (QED) is 0.781. The molecule has 4 aliphatic rings. The van der Waals surface area contributed by atoms with E-state index in [-0.39, 0.29) is 47.8 Å². The number of nitriles is 1. The molecule has 2 bridgehead atoms. The molecule has 1 saturated carbocycles. The van der Waals surface area contributed by atoms with Crippen LogP contribution in [0.25, 0.3) is 0 Å². The van der Waals surface area contributed by atoms with E-state index in [4.69, 9.17) is 5.73 Å². The van der Waals surface area contributed by atoms with E-state index < -0.39 is 6.04 Å². The summed E-state index contributed by atoms with van der Waals surface area (Å²) in [4.78, 5) is 31.5. The second kappa shape index (κ2) is 7.03. The molecule has 2 N–H and O–H groups in total. The van der Waals surface area contributed by atoms with E-state index in [0.717, 1.165) is 18.4 Å². The average molecular weight is 411 g/mol. The molecule has 0 radical (unpaired) electrons. The highest BCUT2D eigenvalue weighted by Crippen LogP contribution is 2.48. The molecule has 30 heavy (non-hydrogen) atoms. The van der Waals surface area contributed by atoms with Crippen LogP contribution >= 0.6 is 0 Å². The lowest BCUT2D eigenvalue weighted by Crippen LogP contribution is -2.57. The Morgan fingerprint density at radius 2 is 2.17 bits per heavy atom. The van der Waals surface area contributed by atoms with E-state index in [1.165, 1.54) is 12.1 Å². The van der Waals surface area contributed by atoms with Gasteiger partial charge in [-0.2, -0.15) is 5.26 Å². The van der Waals surface area contributed by atoms with Gasteiger partial charge < -0.3 is 15.5 Å². The molecule has 0 spiro atoms.